The number of H-pyrrole nitrogens is 1. The van der Waals surface area contributed by atoms with E-state index in [-0.39, 0.29) is 5.91 Å². The van der Waals surface area contributed by atoms with Crippen molar-refractivity contribution < 1.29 is 4.79 Å². The lowest BCUT2D eigenvalue weighted by Gasteiger charge is -2.04. The normalized spacial score (nSPS) is 11.0. The van der Waals surface area contributed by atoms with Gasteiger partial charge in [-0.15, -0.1) is 11.3 Å². The van der Waals surface area contributed by atoms with Gasteiger partial charge in [0.15, 0.2) is 0 Å². The van der Waals surface area contributed by atoms with Crippen LogP contribution in [0.25, 0.3) is 10.9 Å². The van der Waals surface area contributed by atoms with Crippen molar-refractivity contribution in [2.75, 3.05) is 5.32 Å². The molecule has 1 aromatic carbocycles. The summed E-state index contributed by atoms with van der Waals surface area (Å²) in [6.07, 6.45) is 1.23. The minimum atomic E-state index is 0.0196. The molecule has 0 aliphatic rings. The molecule has 108 valence electrons. The zero-order valence-corrected chi connectivity index (χ0v) is 13.8. The third-order valence-electron chi connectivity index (χ3n) is 3.26. The summed E-state index contributed by atoms with van der Waals surface area (Å²) in [5.74, 6) is 0.0196. The lowest BCUT2D eigenvalue weighted by atomic mass is 10.2. The van der Waals surface area contributed by atoms with Crippen molar-refractivity contribution in [1.29, 1.82) is 0 Å². The Balaban J connectivity index is 1.63. The van der Waals surface area contributed by atoms with Gasteiger partial charge in [0.2, 0.25) is 5.91 Å². The fraction of sp³-hybridized carbons (Fsp3) is 0.200. The maximum absolute atomic E-state index is 12.0. The highest BCUT2D eigenvalue weighted by Gasteiger charge is 2.07. The van der Waals surface area contributed by atoms with Crippen LogP contribution in [0.3, 0.4) is 0 Å². The largest absolute Gasteiger partial charge is 0.326 e. The fourth-order valence-corrected chi connectivity index (χ4v) is 3.65. The highest BCUT2D eigenvalue weighted by molar-refractivity contribution is 9.11. The molecule has 3 rings (SSSR count). The molecule has 1 amide bonds. The maximum atomic E-state index is 12.0. The Kier molecular flexibility index (Phi) is 4.07. The number of amides is 1. The Morgan fingerprint density at radius 1 is 1.38 bits per heavy atom. The van der Waals surface area contributed by atoms with Gasteiger partial charge in [0.1, 0.15) is 0 Å². The van der Waals surface area contributed by atoms with E-state index in [2.05, 4.69) is 31.4 Å². The van der Waals surface area contributed by atoms with E-state index in [9.17, 15) is 4.79 Å². The molecule has 3 aromatic rings. The van der Waals surface area contributed by atoms with Crippen LogP contribution >= 0.6 is 27.3 Å². The van der Waals surface area contributed by atoms with Gasteiger partial charge in [0.05, 0.1) is 9.30 Å². The number of rotatable bonds is 4. The number of hydrogen-bond donors (Lipinski definition) is 2. The van der Waals surface area contributed by atoms with Crippen molar-refractivity contribution >= 4 is 49.8 Å². The van der Waals surface area contributed by atoms with E-state index in [0.29, 0.717) is 6.42 Å². The van der Waals surface area contributed by atoms with Crippen LogP contribution in [0.5, 0.6) is 0 Å². The van der Waals surface area contributed by atoms with Gasteiger partial charge in [0.25, 0.3) is 0 Å². The molecule has 6 heteroatoms. The Bertz CT molecular complexity index is 793. The van der Waals surface area contributed by atoms with Gasteiger partial charge in [-0.05, 0) is 59.6 Å². The van der Waals surface area contributed by atoms with Crippen LogP contribution in [0.1, 0.15) is 17.0 Å². The molecule has 21 heavy (non-hydrogen) atoms. The first-order valence-corrected chi connectivity index (χ1v) is 8.21. The second kappa shape index (κ2) is 5.99. The molecule has 0 aliphatic carbocycles. The number of hydrogen-bond acceptors (Lipinski definition) is 3. The third-order valence-corrected chi connectivity index (χ3v) is 4.94. The van der Waals surface area contributed by atoms with Crippen molar-refractivity contribution in [2.45, 2.75) is 19.8 Å². The lowest BCUT2D eigenvalue weighted by molar-refractivity contribution is -0.116. The number of nitrogens with zero attached hydrogens (tertiary/aromatic N) is 1. The molecule has 0 saturated heterocycles. The van der Waals surface area contributed by atoms with Crippen LogP contribution in [0.15, 0.2) is 34.1 Å². The molecule has 0 spiro atoms. The van der Waals surface area contributed by atoms with Gasteiger partial charge in [-0.1, -0.05) is 0 Å². The van der Waals surface area contributed by atoms with Gasteiger partial charge in [-0.25, -0.2) is 0 Å². The third kappa shape index (κ3) is 3.33. The predicted molar refractivity (Wildman–Crippen MR) is 89.8 cm³/mol. The van der Waals surface area contributed by atoms with Crippen molar-refractivity contribution in [3.05, 3.63) is 44.7 Å². The number of aromatic nitrogens is 2. The molecule has 0 bridgehead atoms. The van der Waals surface area contributed by atoms with E-state index in [1.54, 1.807) is 11.3 Å². The summed E-state index contributed by atoms with van der Waals surface area (Å²) in [6, 6.07) is 9.81. The number of carbonyl (C=O) groups is 1. The number of aromatic amines is 1. The summed E-state index contributed by atoms with van der Waals surface area (Å²) in [6.45, 7) is 1.98. The van der Waals surface area contributed by atoms with Crippen molar-refractivity contribution in [1.82, 2.24) is 10.2 Å². The molecule has 0 saturated carbocycles. The highest BCUT2D eigenvalue weighted by atomic mass is 79.9. The summed E-state index contributed by atoms with van der Waals surface area (Å²) in [5, 5.41) is 11.1. The fourth-order valence-electron chi connectivity index (χ4n) is 2.17. The number of fused-ring (bicyclic) bond motifs is 1. The quantitative estimate of drug-likeness (QED) is 0.727. The molecule has 0 fully saturated rings. The van der Waals surface area contributed by atoms with E-state index in [4.69, 9.17) is 0 Å². The first kappa shape index (κ1) is 14.3. The maximum Gasteiger partial charge on any atom is 0.224 e. The van der Waals surface area contributed by atoms with Crippen LogP contribution in [-0.2, 0) is 11.2 Å². The zero-order chi connectivity index (χ0) is 14.8. The molecule has 0 aliphatic heterocycles. The second-order valence-corrected chi connectivity index (χ2v) is 7.38. The number of anilines is 1. The Labute approximate surface area is 134 Å². The van der Waals surface area contributed by atoms with Crippen molar-refractivity contribution in [3.63, 3.8) is 0 Å². The Morgan fingerprint density at radius 3 is 3.00 bits per heavy atom. The molecule has 2 aromatic heterocycles. The number of nitrogens with one attached hydrogen (secondary N) is 2. The minimum absolute atomic E-state index is 0.0196. The van der Waals surface area contributed by atoms with E-state index >= 15 is 0 Å². The van der Waals surface area contributed by atoms with Gasteiger partial charge in [-0.2, -0.15) is 5.10 Å². The monoisotopic (exact) mass is 363 g/mol. The van der Waals surface area contributed by atoms with E-state index < -0.39 is 0 Å². The summed E-state index contributed by atoms with van der Waals surface area (Å²) >= 11 is 5.09. The van der Waals surface area contributed by atoms with Crippen LogP contribution in [0.4, 0.5) is 5.69 Å². The highest BCUT2D eigenvalue weighted by Crippen LogP contribution is 2.23. The van der Waals surface area contributed by atoms with Gasteiger partial charge in [-0.3, -0.25) is 9.89 Å². The standard InChI is InChI=1S/C15H14BrN3OS/c1-9-12-5-2-10(8-13(12)19-18-9)17-15(20)7-4-11-3-6-14(16)21-11/h2-3,5-6,8H,4,7H2,1H3,(H,17,20)(H,18,19). The molecule has 0 radical (unpaired) electrons. The van der Waals surface area contributed by atoms with Crippen LogP contribution in [0, 0.1) is 6.92 Å². The Morgan fingerprint density at radius 2 is 2.24 bits per heavy atom. The van der Waals surface area contributed by atoms with Gasteiger partial charge < -0.3 is 5.32 Å². The van der Waals surface area contributed by atoms with Crippen LogP contribution in [-0.4, -0.2) is 16.1 Å². The first-order chi connectivity index (χ1) is 10.1. The molecule has 0 unspecified atom stereocenters. The van der Waals surface area contributed by atoms with E-state index in [1.807, 2.05) is 37.3 Å². The lowest BCUT2D eigenvalue weighted by Crippen LogP contribution is -2.11. The predicted octanol–water partition coefficient (Wildman–Crippen LogP) is 4.27. The average molecular weight is 364 g/mol. The van der Waals surface area contributed by atoms with Crippen molar-refractivity contribution in [3.8, 4) is 0 Å². The van der Waals surface area contributed by atoms with Crippen LogP contribution in [0.2, 0.25) is 0 Å². The van der Waals surface area contributed by atoms with E-state index in [0.717, 1.165) is 32.5 Å². The number of halogens is 1. The number of thiophene rings is 1. The molecular formula is C15H14BrN3OS. The van der Waals surface area contributed by atoms with Crippen LogP contribution < -0.4 is 5.32 Å². The summed E-state index contributed by atoms with van der Waals surface area (Å²) < 4.78 is 1.09. The van der Waals surface area contributed by atoms with Crippen molar-refractivity contribution in [2.24, 2.45) is 0 Å². The zero-order valence-electron chi connectivity index (χ0n) is 11.4. The average Bonchev–Trinajstić information content (AvgIpc) is 3.03. The minimum Gasteiger partial charge on any atom is -0.326 e. The molecule has 0 atom stereocenters. The van der Waals surface area contributed by atoms with Gasteiger partial charge in [0, 0.05) is 28.1 Å². The first-order valence-electron chi connectivity index (χ1n) is 6.60. The summed E-state index contributed by atoms with van der Waals surface area (Å²) in [5.41, 5.74) is 2.69. The smallest absolute Gasteiger partial charge is 0.224 e. The molecule has 2 N–H and O–H groups in total. The second-order valence-electron chi connectivity index (χ2n) is 4.83. The Hall–Kier alpha value is -1.66. The SMILES string of the molecule is Cc1[nH]nc2cc(NC(=O)CCc3ccc(Br)s3)ccc12. The van der Waals surface area contributed by atoms with Gasteiger partial charge >= 0.3 is 0 Å². The number of aryl methyl sites for hydroxylation is 2. The summed E-state index contributed by atoms with van der Waals surface area (Å²) in [4.78, 5) is 13.2. The summed E-state index contributed by atoms with van der Waals surface area (Å²) in [7, 11) is 0. The number of benzene rings is 1. The molecule has 2 heterocycles. The molecule has 4 nitrogen and oxygen atoms in total. The molecular weight excluding hydrogens is 350 g/mol. The number of carbonyl (C=O) groups excluding carboxylic acids is 1. The van der Waals surface area contributed by atoms with E-state index in [1.165, 1.54) is 4.88 Å². The topological polar surface area (TPSA) is 57.8 Å².